The molecule has 0 bridgehead atoms. The van der Waals surface area contributed by atoms with Gasteiger partial charge in [-0.3, -0.25) is 9.59 Å². The Labute approximate surface area is 433 Å². The zero-order chi connectivity index (χ0) is 52.9. The van der Waals surface area contributed by atoms with Crippen LogP contribution in [0.1, 0.15) is 233 Å². The van der Waals surface area contributed by atoms with Crippen molar-refractivity contribution in [1.82, 2.24) is 10.6 Å². The van der Waals surface area contributed by atoms with E-state index in [9.17, 15) is 55.5 Å². The van der Waals surface area contributed by atoms with Gasteiger partial charge in [-0.1, -0.05) is 213 Å². The minimum absolute atomic E-state index is 0.203. The predicted molar refractivity (Wildman–Crippen MR) is 278 cm³/mol. The molecule has 2 aliphatic rings. The van der Waals surface area contributed by atoms with E-state index in [-0.39, 0.29) is 12.8 Å². The number of hydrogen-bond acceptors (Lipinski definition) is 15. The number of carbonyl (C=O) groups excluding carboxylic acids is 2. The molecule has 2 heterocycles. The summed E-state index contributed by atoms with van der Waals surface area (Å²) in [5.41, 5.74) is 0. The van der Waals surface area contributed by atoms with E-state index in [1.165, 1.54) is 141 Å². The van der Waals surface area contributed by atoms with Crippen molar-refractivity contribution >= 4 is 11.8 Å². The fraction of sp³-hybridized carbons (Fsp3) is 0.964. The van der Waals surface area contributed by atoms with Crippen molar-refractivity contribution in [1.29, 1.82) is 0 Å². The summed E-state index contributed by atoms with van der Waals surface area (Å²) in [5.74, 6) is -1.38. The fourth-order valence-corrected chi connectivity index (χ4v) is 9.98. The summed E-state index contributed by atoms with van der Waals surface area (Å²) in [6, 6.07) is -2.67. The standard InChI is InChI=1S/C55H106N2O15/c1-4-6-8-10-12-14-16-18-19-20-21-22-24-26-28-30-32-34-36-43(62)53(68)57-41(47(63)42(61)35-33-31-29-27-25-23-17-15-13-11-9-7-5-2)39-69-55-51(67)50(66)52(45(38-59)71-55)72-54-46(56-40(3)60)49(65)48(64)44(37-58)70-54/h41-52,54-55,58-59,61-67H,4-39H2,1-3H3,(H,56,60)(H,57,68). The molecule has 426 valence electrons. The molecule has 0 aromatic rings. The van der Waals surface area contributed by atoms with Gasteiger partial charge >= 0.3 is 0 Å². The minimum atomic E-state index is -1.86. The molecule has 0 aromatic heterocycles. The third kappa shape index (κ3) is 27.5. The topological polar surface area (TPSA) is 277 Å². The molecule has 17 nitrogen and oxygen atoms in total. The van der Waals surface area contributed by atoms with Crippen LogP contribution in [0.3, 0.4) is 0 Å². The smallest absolute Gasteiger partial charge is 0.249 e. The van der Waals surface area contributed by atoms with E-state index in [4.69, 9.17) is 18.9 Å². The predicted octanol–water partition coefficient (Wildman–Crippen LogP) is 6.25. The zero-order valence-corrected chi connectivity index (χ0v) is 45.0. The van der Waals surface area contributed by atoms with Crippen LogP contribution < -0.4 is 10.6 Å². The van der Waals surface area contributed by atoms with Crippen LogP contribution >= 0.6 is 0 Å². The summed E-state index contributed by atoms with van der Waals surface area (Å²) in [6.07, 6.45) is 18.7. The Kier molecular flexibility index (Phi) is 38.4. The minimum Gasteiger partial charge on any atom is -0.394 e. The van der Waals surface area contributed by atoms with Gasteiger partial charge in [-0.05, 0) is 12.8 Å². The lowest BCUT2D eigenvalue weighted by Crippen LogP contribution is -2.67. The lowest BCUT2D eigenvalue weighted by atomic mass is 9.95. The van der Waals surface area contributed by atoms with Gasteiger partial charge in [0.05, 0.1) is 32.0 Å². The number of amides is 2. The summed E-state index contributed by atoms with van der Waals surface area (Å²) >= 11 is 0. The van der Waals surface area contributed by atoms with Crippen LogP contribution in [0.5, 0.6) is 0 Å². The Morgan fingerprint density at radius 1 is 0.514 bits per heavy atom. The van der Waals surface area contributed by atoms with Crippen molar-refractivity contribution < 1.29 is 74.5 Å². The number of aliphatic hydroxyl groups excluding tert-OH is 9. The molecule has 0 saturated carbocycles. The van der Waals surface area contributed by atoms with Crippen LogP contribution in [0.2, 0.25) is 0 Å². The molecule has 72 heavy (non-hydrogen) atoms. The molecule has 17 heteroatoms. The maximum Gasteiger partial charge on any atom is 0.249 e. The monoisotopic (exact) mass is 1030 g/mol. The molecule has 14 atom stereocenters. The van der Waals surface area contributed by atoms with Gasteiger partial charge in [-0.2, -0.15) is 0 Å². The number of carbonyl (C=O) groups is 2. The molecule has 14 unspecified atom stereocenters. The van der Waals surface area contributed by atoms with Crippen LogP contribution in [0, 0.1) is 0 Å². The number of unbranched alkanes of at least 4 members (excludes halogenated alkanes) is 29. The van der Waals surface area contributed by atoms with E-state index in [1.807, 2.05) is 0 Å². The fourth-order valence-electron chi connectivity index (χ4n) is 9.98. The third-order valence-corrected chi connectivity index (χ3v) is 14.7. The van der Waals surface area contributed by atoms with Crippen LogP contribution in [0.25, 0.3) is 0 Å². The molecule has 2 fully saturated rings. The van der Waals surface area contributed by atoms with Crippen molar-refractivity contribution in [3.63, 3.8) is 0 Å². The molecule has 0 spiro atoms. The van der Waals surface area contributed by atoms with Crippen molar-refractivity contribution in [2.24, 2.45) is 0 Å². The van der Waals surface area contributed by atoms with E-state index in [1.54, 1.807) is 0 Å². The number of aliphatic hydroxyl groups is 9. The van der Waals surface area contributed by atoms with E-state index < -0.39 is 117 Å². The zero-order valence-electron chi connectivity index (χ0n) is 45.0. The van der Waals surface area contributed by atoms with E-state index in [0.29, 0.717) is 12.8 Å². The number of ether oxygens (including phenoxy) is 4. The van der Waals surface area contributed by atoms with E-state index in [0.717, 1.165) is 51.9 Å². The molecule has 2 saturated heterocycles. The SMILES string of the molecule is CCCCCCCCCCCCCCCCCCCCC(O)C(=O)NC(COC1OC(CO)C(OC2OC(CO)C(O)C(O)C2NC(C)=O)C(O)C1O)C(O)C(O)CCCCCCCCCCCCCCC. The van der Waals surface area contributed by atoms with E-state index >= 15 is 0 Å². The molecule has 2 rings (SSSR count). The average molecular weight is 1040 g/mol. The van der Waals surface area contributed by atoms with Crippen LogP contribution in [-0.2, 0) is 28.5 Å². The summed E-state index contributed by atoms with van der Waals surface area (Å²) in [5, 5.41) is 102. The first kappa shape index (κ1) is 66.5. The van der Waals surface area contributed by atoms with Crippen molar-refractivity contribution in [3.05, 3.63) is 0 Å². The van der Waals surface area contributed by atoms with Gasteiger partial charge in [0, 0.05) is 6.92 Å². The quantitative estimate of drug-likeness (QED) is 0.0301. The van der Waals surface area contributed by atoms with Crippen molar-refractivity contribution in [2.45, 2.75) is 318 Å². The molecular weight excluding hydrogens is 929 g/mol. The largest absolute Gasteiger partial charge is 0.394 e. The normalized spacial score (nSPS) is 26.3. The summed E-state index contributed by atoms with van der Waals surface area (Å²) in [7, 11) is 0. The second-order valence-corrected chi connectivity index (χ2v) is 21.1. The second kappa shape index (κ2) is 41.6. The highest BCUT2D eigenvalue weighted by molar-refractivity contribution is 5.80. The van der Waals surface area contributed by atoms with Gasteiger partial charge in [0.2, 0.25) is 11.8 Å². The molecule has 2 aliphatic heterocycles. The van der Waals surface area contributed by atoms with Gasteiger partial charge < -0.3 is 75.5 Å². The Morgan fingerprint density at radius 2 is 0.917 bits per heavy atom. The second-order valence-electron chi connectivity index (χ2n) is 21.1. The first-order chi connectivity index (χ1) is 34.8. The van der Waals surface area contributed by atoms with Crippen molar-refractivity contribution in [2.75, 3.05) is 19.8 Å². The van der Waals surface area contributed by atoms with E-state index in [2.05, 4.69) is 24.5 Å². The van der Waals surface area contributed by atoms with Crippen LogP contribution in [0.4, 0.5) is 0 Å². The Bertz CT molecular complexity index is 1320. The highest BCUT2D eigenvalue weighted by atomic mass is 16.7. The number of rotatable bonds is 45. The first-order valence-electron chi connectivity index (χ1n) is 28.9. The van der Waals surface area contributed by atoms with Crippen LogP contribution in [-0.4, -0.2) is 163 Å². The molecule has 0 aliphatic carbocycles. The summed E-state index contributed by atoms with van der Waals surface area (Å²) in [4.78, 5) is 25.4. The van der Waals surface area contributed by atoms with Gasteiger partial charge in [-0.15, -0.1) is 0 Å². The number of hydrogen-bond donors (Lipinski definition) is 11. The first-order valence-corrected chi connectivity index (χ1v) is 28.9. The highest BCUT2D eigenvalue weighted by Gasteiger charge is 2.51. The Balaban J connectivity index is 1.92. The van der Waals surface area contributed by atoms with Gasteiger partial charge in [0.15, 0.2) is 12.6 Å². The molecule has 0 radical (unpaired) electrons. The van der Waals surface area contributed by atoms with Crippen molar-refractivity contribution in [3.8, 4) is 0 Å². The maximum atomic E-state index is 13.4. The lowest BCUT2D eigenvalue weighted by molar-refractivity contribution is -0.347. The highest BCUT2D eigenvalue weighted by Crippen LogP contribution is 2.30. The molecule has 0 aromatic carbocycles. The maximum absolute atomic E-state index is 13.4. The Morgan fingerprint density at radius 3 is 1.33 bits per heavy atom. The van der Waals surface area contributed by atoms with Crippen LogP contribution in [0.15, 0.2) is 0 Å². The van der Waals surface area contributed by atoms with Gasteiger partial charge in [0.1, 0.15) is 61.0 Å². The molecule has 11 N–H and O–H groups in total. The number of nitrogens with one attached hydrogen (secondary N) is 2. The summed E-state index contributed by atoms with van der Waals surface area (Å²) < 4.78 is 23.2. The lowest BCUT2D eigenvalue weighted by Gasteiger charge is -2.47. The summed E-state index contributed by atoms with van der Waals surface area (Å²) in [6.45, 7) is 3.58. The van der Waals surface area contributed by atoms with Gasteiger partial charge in [0.25, 0.3) is 0 Å². The average Bonchev–Trinajstić information content (AvgIpc) is 3.37. The van der Waals surface area contributed by atoms with Gasteiger partial charge in [-0.25, -0.2) is 0 Å². The molecule has 2 amide bonds. The Hall–Kier alpha value is -1.58. The third-order valence-electron chi connectivity index (χ3n) is 14.7. The molecular formula is C55H106N2O15.